The fourth-order valence-electron chi connectivity index (χ4n) is 1.53. The van der Waals surface area contributed by atoms with E-state index in [2.05, 4.69) is 5.32 Å². The van der Waals surface area contributed by atoms with Gasteiger partial charge in [-0.1, -0.05) is 13.8 Å². The lowest BCUT2D eigenvalue weighted by molar-refractivity contribution is 0.464. The first kappa shape index (κ1) is 12.0. The summed E-state index contributed by atoms with van der Waals surface area (Å²) in [5.41, 5.74) is 0.179. The Balaban J connectivity index is 3.06. The van der Waals surface area contributed by atoms with Gasteiger partial charge in [0.15, 0.2) is 11.6 Å². The van der Waals surface area contributed by atoms with E-state index >= 15 is 0 Å². The van der Waals surface area contributed by atoms with Crippen LogP contribution in [0.1, 0.15) is 31.9 Å². The van der Waals surface area contributed by atoms with Gasteiger partial charge in [0.1, 0.15) is 5.82 Å². The maximum atomic E-state index is 13.3. The summed E-state index contributed by atoms with van der Waals surface area (Å²) in [4.78, 5) is 0. The predicted octanol–water partition coefficient (Wildman–Crippen LogP) is 3.16. The van der Waals surface area contributed by atoms with Gasteiger partial charge in [-0.2, -0.15) is 0 Å². The third-order valence-electron chi connectivity index (χ3n) is 2.27. The van der Waals surface area contributed by atoms with Gasteiger partial charge >= 0.3 is 0 Å². The molecule has 15 heavy (non-hydrogen) atoms. The number of hydrogen-bond donors (Lipinski definition) is 1. The smallest absolute Gasteiger partial charge is 0.161 e. The van der Waals surface area contributed by atoms with Crippen LogP contribution in [0, 0.1) is 17.5 Å². The summed E-state index contributed by atoms with van der Waals surface area (Å²) < 4.78 is 38.9. The largest absolute Gasteiger partial charge is 0.310 e. The van der Waals surface area contributed by atoms with Gasteiger partial charge in [0.05, 0.1) is 0 Å². The number of halogens is 3. The second-order valence-electron chi connectivity index (χ2n) is 3.31. The maximum absolute atomic E-state index is 13.3. The Bertz CT molecular complexity index is 339. The molecule has 0 aliphatic carbocycles. The van der Waals surface area contributed by atoms with Crippen molar-refractivity contribution in [3.05, 3.63) is 35.1 Å². The Morgan fingerprint density at radius 2 is 1.67 bits per heavy atom. The van der Waals surface area contributed by atoms with Crippen molar-refractivity contribution >= 4 is 0 Å². The molecule has 0 aromatic heterocycles. The maximum Gasteiger partial charge on any atom is 0.161 e. The van der Waals surface area contributed by atoms with Crippen LogP contribution in [0.3, 0.4) is 0 Å². The highest BCUT2D eigenvalue weighted by Gasteiger charge is 2.16. The summed E-state index contributed by atoms with van der Waals surface area (Å²) >= 11 is 0. The van der Waals surface area contributed by atoms with Crippen LogP contribution in [0.15, 0.2) is 12.1 Å². The molecule has 84 valence electrons. The van der Waals surface area contributed by atoms with Crippen LogP contribution in [0.4, 0.5) is 13.2 Å². The Morgan fingerprint density at radius 3 is 2.20 bits per heavy atom. The van der Waals surface area contributed by atoms with Gasteiger partial charge in [0.25, 0.3) is 0 Å². The van der Waals surface area contributed by atoms with Crippen LogP contribution in [0.25, 0.3) is 0 Å². The molecule has 1 N–H and O–H groups in total. The van der Waals surface area contributed by atoms with Crippen molar-refractivity contribution in [2.45, 2.75) is 26.3 Å². The Morgan fingerprint density at radius 1 is 1.07 bits per heavy atom. The lowest BCUT2D eigenvalue weighted by Gasteiger charge is -2.17. The van der Waals surface area contributed by atoms with Crippen molar-refractivity contribution in [3.63, 3.8) is 0 Å². The molecule has 0 bridgehead atoms. The lowest BCUT2D eigenvalue weighted by atomic mass is 10.0. The predicted molar refractivity (Wildman–Crippen MR) is 53.0 cm³/mol. The van der Waals surface area contributed by atoms with Crippen LogP contribution in [0.5, 0.6) is 0 Å². The van der Waals surface area contributed by atoms with Crippen LogP contribution < -0.4 is 5.32 Å². The molecule has 0 radical (unpaired) electrons. The average molecular weight is 217 g/mol. The first-order chi connectivity index (χ1) is 7.10. The molecular weight excluding hydrogens is 203 g/mol. The Hall–Kier alpha value is -1.03. The second-order valence-corrected chi connectivity index (χ2v) is 3.31. The van der Waals surface area contributed by atoms with Crippen LogP contribution in [-0.4, -0.2) is 6.54 Å². The Labute approximate surface area is 87.3 Å². The van der Waals surface area contributed by atoms with Crippen LogP contribution >= 0.6 is 0 Å². The number of nitrogens with one attached hydrogen (secondary N) is 1. The molecular formula is C11H14F3N. The van der Waals surface area contributed by atoms with E-state index < -0.39 is 17.5 Å². The van der Waals surface area contributed by atoms with Gasteiger partial charge in [-0.15, -0.1) is 0 Å². The molecule has 0 saturated carbocycles. The fraction of sp³-hybridized carbons (Fsp3) is 0.455. The van der Waals surface area contributed by atoms with E-state index in [1.54, 1.807) is 0 Å². The molecule has 1 unspecified atom stereocenters. The minimum absolute atomic E-state index is 0.179. The highest BCUT2D eigenvalue weighted by atomic mass is 19.2. The highest BCUT2D eigenvalue weighted by molar-refractivity contribution is 5.23. The summed E-state index contributed by atoms with van der Waals surface area (Å²) in [7, 11) is 0. The molecule has 4 heteroatoms. The summed E-state index contributed by atoms with van der Waals surface area (Å²) in [6.45, 7) is 4.38. The Kier molecular flexibility index (Phi) is 4.15. The number of rotatable bonds is 4. The van der Waals surface area contributed by atoms with Crippen molar-refractivity contribution in [1.29, 1.82) is 0 Å². The number of benzene rings is 1. The van der Waals surface area contributed by atoms with Crippen molar-refractivity contribution in [2.75, 3.05) is 6.54 Å². The van der Waals surface area contributed by atoms with E-state index in [9.17, 15) is 13.2 Å². The molecule has 1 aromatic rings. The summed E-state index contributed by atoms with van der Waals surface area (Å²) in [5, 5.41) is 3.01. The zero-order chi connectivity index (χ0) is 11.4. The van der Waals surface area contributed by atoms with Crippen molar-refractivity contribution in [3.8, 4) is 0 Å². The monoisotopic (exact) mass is 217 g/mol. The third kappa shape index (κ3) is 2.72. The van der Waals surface area contributed by atoms with Gasteiger partial charge in [-0.3, -0.25) is 0 Å². The zero-order valence-corrected chi connectivity index (χ0v) is 8.78. The van der Waals surface area contributed by atoms with E-state index in [0.29, 0.717) is 19.0 Å². The molecule has 0 saturated heterocycles. The first-order valence-electron chi connectivity index (χ1n) is 4.98. The molecule has 0 aliphatic heterocycles. The summed E-state index contributed by atoms with van der Waals surface area (Å²) in [6.07, 6.45) is 0.621. The quantitative estimate of drug-likeness (QED) is 0.764. The molecule has 0 heterocycles. The van der Waals surface area contributed by atoms with Gasteiger partial charge in [-0.25, -0.2) is 13.2 Å². The highest BCUT2D eigenvalue weighted by Crippen LogP contribution is 2.22. The molecule has 0 amide bonds. The molecule has 0 spiro atoms. The second kappa shape index (κ2) is 5.16. The van der Waals surface area contributed by atoms with E-state index in [1.807, 2.05) is 13.8 Å². The van der Waals surface area contributed by atoms with Crippen LogP contribution in [-0.2, 0) is 0 Å². The van der Waals surface area contributed by atoms with E-state index in [4.69, 9.17) is 0 Å². The summed E-state index contributed by atoms with van der Waals surface area (Å²) in [5.74, 6) is -2.87. The standard InChI is InChI=1S/C11H14F3N/c1-3-11(15-4-2)7-5-9(13)10(14)6-8(7)12/h5-6,11,15H,3-4H2,1-2H3. The molecule has 1 nitrogen and oxygen atoms in total. The summed E-state index contributed by atoms with van der Waals surface area (Å²) in [6, 6.07) is 1.23. The van der Waals surface area contributed by atoms with E-state index in [1.165, 1.54) is 0 Å². The van der Waals surface area contributed by atoms with Crippen LogP contribution in [0.2, 0.25) is 0 Å². The van der Waals surface area contributed by atoms with E-state index in [0.717, 1.165) is 6.07 Å². The van der Waals surface area contributed by atoms with E-state index in [-0.39, 0.29) is 11.6 Å². The SMILES string of the molecule is CCNC(CC)c1cc(F)c(F)cc1F. The fourth-order valence-corrected chi connectivity index (χ4v) is 1.53. The zero-order valence-electron chi connectivity index (χ0n) is 8.78. The average Bonchev–Trinajstić information content (AvgIpc) is 2.20. The molecule has 1 rings (SSSR count). The van der Waals surface area contributed by atoms with Gasteiger partial charge in [0, 0.05) is 17.7 Å². The normalized spacial score (nSPS) is 12.9. The van der Waals surface area contributed by atoms with Gasteiger partial charge in [0.2, 0.25) is 0 Å². The topological polar surface area (TPSA) is 12.0 Å². The van der Waals surface area contributed by atoms with Crippen molar-refractivity contribution in [1.82, 2.24) is 5.32 Å². The van der Waals surface area contributed by atoms with Crippen molar-refractivity contribution in [2.24, 2.45) is 0 Å². The molecule has 0 fully saturated rings. The van der Waals surface area contributed by atoms with Gasteiger partial charge in [-0.05, 0) is 19.0 Å². The minimum Gasteiger partial charge on any atom is -0.310 e. The molecule has 1 atom stereocenters. The first-order valence-corrected chi connectivity index (χ1v) is 4.98. The molecule has 0 aliphatic rings. The lowest BCUT2D eigenvalue weighted by Crippen LogP contribution is -2.21. The minimum atomic E-state index is -1.15. The molecule has 1 aromatic carbocycles. The van der Waals surface area contributed by atoms with Gasteiger partial charge < -0.3 is 5.32 Å². The third-order valence-corrected chi connectivity index (χ3v) is 2.27. The number of hydrogen-bond acceptors (Lipinski definition) is 1. The van der Waals surface area contributed by atoms with Crippen molar-refractivity contribution < 1.29 is 13.2 Å².